The molecule has 0 bridgehead atoms. The SMILES string of the molecule is Cc1ccc(S(=O)(=O)N(C)CCOc2ccc(F)cc2)cc1. The van der Waals surface area contributed by atoms with Gasteiger partial charge in [0, 0.05) is 13.6 Å². The lowest BCUT2D eigenvalue weighted by Crippen LogP contribution is -2.31. The maximum atomic E-state index is 12.8. The van der Waals surface area contributed by atoms with Crippen LogP contribution < -0.4 is 4.74 Å². The lowest BCUT2D eigenvalue weighted by Gasteiger charge is -2.17. The summed E-state index contributed by atoms with van der Waals surface area (Å²) < 4.78 is 44.1. The Labute approximate surface area is 130 Å². The average molecular weight is 323 g/mol. The van der Waals surface area contributed by atoms with Crippen LogP contribution in [-0.4, -0.2) is 32.9 Å². The van der Waals surface area contributed by atoms with Crippen molar-refractivity contribution < 1.29 is 17.5 Å². The minimum Gasteiger partial charge on any atom is -0.492 e. The van der Waals surface area contributed by atoms with Gasteiger partial charge in [0.15, 0.2) is 0 Å². The number of benzene rings is 2. The Balaban J connectivity index is 1.94. The van der Waals surface area contributed by atoms with E-state index in [9.17, 15) is 12.8 Å². The van der Waals surface area contributed by atoms with Crippen molar-refractivity contribution in [2.24, 2.45) is 0 Å². The van der Waals surface area contributed by atoms with Gasteiger partial charge < -0.3 is 4.74 Å². The van der Waals surface area contributed by atoms with E-state index >= 15 is 0 Å². The van der Waals surface area contributed by atoms with Crippen LogP contribution in [0.5, 0.6) is 5.75 Å². The molecule has 6 heteroatoms. The van der Waals surface area contributed by atoms with Gasteiger partial charge in [-0.25, -0.2) is 12.8 Å². The topological polar surface area (TPSA) is 46.6 Å². The summed E-state index contributed by atoms with van der Waals surface area (Å²) in [5.41, 5.74) is 1.00. The highest BCUT2D eigenvalue weighted by atomic mass is 32.2. The first-order chi connectivity index (χ1) is 10.4. The molecule has 0 N–H and O–H groups in total. The smallest absolute Gasteiger partial charge is 0.242 e. The second kappa shape index (κ2) is 6.89. The summed E-state index contributed by atoms with van der Waals surface area (Å²) in [5.74, 6) is 0.161. The van der Waals surface area contributed by atoms with Crippen molar-refractivity contribution in [3.63, 3.8) is 0 Å². The fourth-order valence-corrected chi connectivity index (χ4v) is 2.99. The molecule has 22 heavy (non-hydrogen) atoms. The highest BCUT2D eigenvalue weighted by Gasteiger charge is 2.20. The van der Waals surface area contributed by atoms with Crippen molar-refractivity contribution >= 4 is 10.0 Å². The first-order valence-electron chi connectivity index (χ1n) is 6.81. The van der Waals surface area contributed by atoms with E-state index in [1.807, 2.05) is 6.92 Å². The Bertz CT molecular complexity index is 712. The van der Waals surface area contributed by atoms with E-state index in [1.54, 1.807) is 24.3 Å². The molecule has 4 nitrogen and oxygen atoms in total. The quantitative estimate of drug-likeness (QED) is 0.821. The highest BCUT2D eigenvalue weighted by molar-refractivity contribution is 7.89. The minimum absolute atomic E-state index is 0.188. The molecule has 0 amide bonds. The van der Waals surface area contributed by atoms with Crippen molar-refractivity contribution in [3.8, 4) is 5.75 Å². The molecule has 0 aliphatic rings. The number of sulfonamides is 1. The molecule has 0 aromatic heterocycles. The summed E-state index contributed by atoms with van der Waals surface area (Å²) in [7, 11) is -2.02. The van der Waals surface area contributed by atoms with Gasteiger partial charge in [-0.1, -0.05) is 17.7 Å². The van der Waals surface area contributed by atoms with Crippen LogP contribution in [0.4, 0.5) is 4.39 Å². The van der Waals surface area contributed by atoms with E-state index in [4.69, 9.17) is 4.74 Å². The molecule has 0 aliphatic carbocycles. The summed E-state index contributed by atoms with van der Waals surface area (Å²) in [6.07, 6.45) is 0. The van der Waals surface area contributed by atoms with Crippen LogP contribution >= 0.6 is 0 Å². The molecule has 2 aromatic carbocycles. The zero-order valence-corrected chi connectivity index (χ0v) is 13.3. The van der Waals surface area contributed by atoms with Crippen molar-refractivity contribution in [1.29, 1.82) is 0 Å². The number of aryl methyl sites for hydroxylation is 1. The minimum atomic E-state index is -3.52. The number of hydrogen-bond acceptors (Lipinski definition) is 3. The molecule has 2 rings (SSSR count). The van der Waals surface area contributed by atoms with Gasteiger partial charge in [-0.05, 0) is 43.3 Å². The molecule has 118 valence electrons. The van der Waals surface area contributed by atoms with E-state index in [0.29, 0.717) is 5.75 Å². The van der Waals surface area contributed by atoms with Gasteiger partial charge in [-0.15, -0.1) is 0 Å². The molecule has 0 radical (unpaired) electrons. The molecule has 0 atom stereocenters. The monoisotopic (exact) mass is 323 g/mol. The molecule has 0 spiro atoms. The molecule has 0 saturated heterocycles. The number of ether oxygens (including phenoxy) is 1. The Morgan fingerprint density at radius 2 is 1.64 bits per heavy atom. The van der Waals surface area contributed by atoms with Crippen LogP contribution in [0.3, 0.4) is 0 Å². The van der Waals surface area contributed by atoms with Crippen molar-refractivity contribution in [2.75, 3.05) is 20.2 Å². The number of likely N-dealkylation sites (N-methyl/N-ethyl adjacent to an activating group) is 1. The Hall–Kier alpha value is -1.92. The van der Waals surface area contributed by atoms with Crippen LogP contribution in [0.1, 0.15) is 5.56 Å². The van der Waals surface area contributed by atoms with Crippen LogP contribution in [0.25, 0.3) is 0 Å². The molecule has 0 fully saturated rings. The lowest BCUT2D eigenvalue weighted by atomic mass is 10.2. The zero-order chi connectivity index (χ0) is 16.2. The summed E-state index contributed by atoms with van der Waals surface area (Å²) in [6.45, 7) is 2.29. The number of halogens is 1. The Kier molecular flexibility index (Phi) is 5.15. The maximum absolute atomic E-state index is 12.8. The summed E-state index contributed by atoms with van der Waals surface area (Å²) in [5, 5.41) is 0. The van der Waals surface area contributed by atoms with Gasteiger partial charge >= 0.3 is 0 Å². The first kappa shape index (κ1) is 16.5. The summed E-state index contributed by atoms with van der Waals surface area (Å²) in [4.78, 5) is 0.252. The van der Waals surface area contributed by atoms with Crippen LogP contribution in [0.15, 0.2) is 53.4 Å². The van der Waals surface area contributed by atoms with E-state index < -0.39 is 10.0 Å². The van der Waals surface area contributed by atoms with E-state index in [0.717, 1.165) is 5.56 Å². The lowest BCUT2D eigenvalue weighted by molar-refractivity contribution is 0.286. The fourth-order valence-electron chi connectivity index (χ4n) is 1.83. The molecular weight excluding hydrogens is 305 g/mol. The molecule has 0 unspecified atom stereocenters. The third-order valence-electron chi connectivity index (χ3n) is 3.22. The molecule has 0 aliphatic heterocycles. The molecule has 0 saturated carbocycles. The van der Waals surface area contributed by atoms with Crippen molar-refractivity contribution in [3.05, 3.63) is 59.9 Å². The summed E-state index contributed by atoms with van der Waals surface area (Å²) in [6, 6.07) is 12.3. The third-order valence-corrected chi connectivity index (χ3v) is 5.09. The van der Waals surface area contributed by atoms with Gasteiger partial charge in [-0.3, -0.25) is 0 Å². The second-order valence-corrected chi connectivity index (χ2v) is 6.99. The van der Waals surface area contributed by atoms with Crippen molar-refractivity contribution in [1.82, 2.24) is 4.31 Å². The zero-order valence-electron chi connectivity index (χ0n) is 12.5. The average Bonchev–Trinajstić information content (AvgIpc) is 2.49. The number of hydrogen-bond donors (Lipinski definition) is 0. The standard InChI is InChI=1S/C16H18FNO3S/c1-13-3-9-16(10-4-13)22(19,20)18(2)11-12-21-15-7-5-14(17)6-8-15/h3-10H,11-12H2,1-2H3. The van der Waals surface area contributed by atoms with Crippen LogP contribution in [-0.2, 0) is 10.0 Å². The first-order valence-corrected chi connectivity index (χ1v) is 8.25. The largest absolute Gasteiger partial charge is 0.492 e. The maximum Gasteiger partial charge on any atom is 0.242 e. The summed E-state index contributed by atoms with van der Waals surface area (Å²) >= 11 is 0. The van der Waals surface area contributed by atoms with Crippen LogP contribution in [0, 0.1) is 12.7 Å². The van der Waals surface area contributed by atoms with E-state index in [-0.39, 0.29) is 23.9 Å². The van der Waals surface area contributed by atoms with Gasteiger partial charge in [0.25, 0.3) is 0 Å². The Morgan fingerprint density at radius 3 is 2.23 bits per heavy atom. The molecular formula is C16H18FNO3S. The number of nitrogens with zero attached hydrogens (tertiary/aromatic N) is 1. The van der Waals surface area contributed by atoms with Gasteiger partial charge in [-0.2, -0.15) is 4.31 Å². The molecule has 2 aromatic rings. The van der Waals surface area contributed by atoms with E-state index in [1.165, 1.54) is 35.6 Å². The second-order valence-electron chi connectivity index (χ2n) is 4.94. The normalized spacial score (nSPS) is 11.6. The predicted octanol–water partition coefficient (Wildman–Crippen LogP) is 2.83. The van der Waals surface area contributed by atoms with Crippen LogP contribution in [0.2, 0.25) is 0 Å². The third kappa shape index (κ3) is 4.05. The number of rotatable bonds is 6. The van der Waals surface area contributed by atoms with Gasteiger partial charge in [0.05, 0.1) is 4.90 Å². The van der Waals surface area contributed by atoms with E-state index in [2.05, 4.69) is 0 Å². The van der Waals surface area contributed by atoms with Gasteiger partial charge in [0.2, 0.25) is 10.0 Å². The van der Waals surface area contributed by atoms with Gasteiger partial charge in [0.1, 0.15) is 18.2 Å². The predicted molar refractivity (Wildman–Crippen MR) is 82.9 cm³/mol. The highest BCUT2D eigenvalue weighted by Crippen LogP contribution is 2.15. The molecule has 0 heterocycles. The van der Waals surface area contributed by atoms with Crippen molar-refractivity contribution in [2.45, 2.75) is 11.8 Å². The Morgan fingerprint density at radius 1 is 1.05 bits per heavy atom. The fraction of sp³-hybridized carbons (Fsp3) is 0.250.